The summed E-state index contributed by atoms with van der Waals surface area (Å²) in [5.74, 6) is 0. The van der Waals surface area contributed by atoms with Gasteiger partial charge in [-0.05, 0) is 55.3 Å². The highest BCUT2D eigenvalue weighted by Crippen LogP contribution is 2.27. The molecule has 3 aromatic heterocycles. The molecule has 7 heteroatoms. The van der Waals surface area contributed by atoms with E-state index in [9.17, 15) is 8.42 Å². The maximum Gasteiger partial charge on any atom is 0.271 e. The minimum Gasteiger partial charge on any atom is -0.306 e. The van der Waals surface area contributed by atoms with E-state index in [1.54, 1.807) is 18.2 Å². The van der Waals surface area contributed by atoms with Crippen molar-refractivity contribution in [3.63, 3.8) is 0 Å². The van der Waals surface area contributed by atoms with E-state index in [0.29, 0.717) is 9.90 Å². The first kappa shape index (κ1) is 17.8. The molecule has 0 atom stereocenters. The first-order valence-electron chi connectivity index (χ1n) is 8.62. The molecule has 5 nitrogen and oxygen atoms in total. The standard InChI is InChI=1S/C20H19N3O2S2/c1-3-17-7-8-20(26-17)27(24,25)22-16-6-4-5-15(12-16)18-13-23-10-9-14(2)11-19(23)21-18/h4-13,22H,3H2,1-2H3. The van der Waals surface area contributed by atoms with Crippen LogP contribution < -0.4 is 4.72 Å². The van der Waals surface area contributed by atoms with Crippen molar-refractivity contribution in [3.05, 3.63) is 71.4 Å². The van der Waals surface area contributed by atoms with Gasteiger partial charge in [0.05, 0.1) is 5.69 Å². The Morgan fingerprint density at radius 1 is 1.15 bits per heavy atom. The van der Waals surface area contributed by atoms with Crippen LogP contribution in [0.5, 0.6) is 0 Å². The van der Waals surface area contributed by atoms with Gasteiger partial charge in [-0.1, -0.05) is 19.1 Å². The van der Waals surface area contributed by atoms with Crippen molar-refractivity contribution >= 4 is 32.7 Å². The Labute approximate surface area is 162 Å². The zero-order valence-corrected chi connectivity index (χ0v) is 16.6. The highest BCUT2D eigenvalue weighted by molar-refractivity contribution is 7.94. The third-order valence-corrected chi connectivity index (χ3v) is 7.38. The maximum atomic E-state index is 12.6. The average molecular weight is 398 g/mol. The van der Waals surface area contributed by atoms with Crippen LogP contribution >= 0.6 is 11.3 Å². The molecule has 0 bridgehead atoms. The quantitative estimate of drug-likeness (QED) is 0.529. The normalized spacial score (nSPS) is 11.8. The number of sulfonamides is 1. The van der Waals surface area contributed by atoms with Crippen molar-refractivity contribution in [1.82, 2.24) is 9.38 Å². The Balaban J connectivity index is 1.65. The van der Waals surface area contributed by atoms with Gasteiger partial charge in [-0.15, -0.1) is 11.3 Å². The molecule has 1 N–H and O–H groups in total. The van der Waals surface area contributed by atoms with Gasteiger partial charge in [0.25, 0.3) is 10.0 Å². The lowest BCUT2D eigenvalue weighted by Gasteiger charge is -2.07. The van der Waals surface area contributed by atoms with Gasteiger partial charge in [-0.2, -0.15) is 0 Å². The molecule has 0 aliphatic carbocycles. The van der Waals surface area contributed by atoms with Gasteiger partial charge in [0.2, 0.25) is 0 Å². The van der Waals surface area contributed by atoms with Gasteiger partial charge >= 0.3 is 0 Å². The summed E-state index contributed by atoms with van der Waals surface area (Å²) in [7, 11) is -3.59. The monoisotopic (exact) mass is 397 g/mol. The van der Waals surface area contributed by atoms with Crippen molar-refractivity contribution in [2.75, 3.05) is 4.72 Å². The van der Waals surface area contributed by atoms with Gasteiger partial charge in [-0.3, -0.25) is 4.72 Å². The minimum atomic E-state index is -3.59. The Kier molecular flexibility index (Phi) is 4.49. The number of aromatic nitrogens is 2. The van der Waals surface area contributed by atoms with E-state index in [1.807, 2.05) is 61.0 Å². The van der Waals surface area contributed by atoms with Crippen molar-refractivity contribution < 1.29 is 8.42 Å². The molecule has 1 aromatic carbocycles. The van der Waals surface area contributed by atoms with Gasteiger partial charge in [0.1, 0.15) is 9.86 Å². The third-order valence-electron chi connectivity index (χ3n) is 4.28. The van der Waals surface area contributed by atoms with E-state index >= 15 is 0 Å². The summed E-state index contributed by atoms with van der Waals surface area (Å²) in [4.78, 5) is 5.69. The SMILES string of the molecule is CCc1ccc(S(=O)(=O)Nc2cccc(-c3cn4ccc(C)cc4n3)c2)s1. The van der Waals surface area contributed by atoms with E-state index in [1.165, 1.54) is 11.3 Å². The molecule has 3 heterocycles. The van der Waals surface area contributed by atoms with Crippen LogP contribution in [0.4, 0.5) is 5.69 Å². The summed E-state index contributed by atoms with van der Waals surface area (Å²) in [6.07, 6.45) is 4.73. The Morgan fingerprint density at radius 2 is 2.00 bits per heavy atom. The molecule has 27 heavy (non-hydrogen) atoms. The number of nitrogens with zero attached hydrogens (tertiary/aromatic N) is 2. The van der Waals surface area contributed by atoms with Crippen LogP contribution in [0.15, 0.2) is 65.1 Å². The summed E-state index contributed by atoms with van der Waals surface area (Å²) in [5, 5.41) is 0. The van der Waals surface area contributed by atoms with Gasteiger partial charge < -0.3 is 4.40 Å². The fraction of sp³-hybridized carbons (Fsp3) is 0.150. The van der Waals surface area contributed by atoms with E-state index in [0.717, 1.165) is 33.8 Å². The molecule has 0 saturated heterocycles. The molecule has 0 spiro atoms. The van der Waals surface area contributed by atoms with Crippen molar-refractivity contribution in [1.29, 1.82) is 0 Å². The molecule has 4 aromatic rings. The number of rotatable bonds is 5. The molecule has 138 valence electrons. The molecule has 0 radical (unpaired) electrons. The largest absolute Gasteiger partial charge is 0.306 e. The predicted molar refractivity (Wildman–Crippen MR) is 110 cm³/mol. The fourth-order valence-corrected chi connectivity index (χ4v) is 5.21. The number of aryl methyl sites for hydroxylation is 2. The number of imidazole rings is 1. The molecule has 0 aliphatic heterocycles. The van der Waals surface area contributed by atoms with E-state index in [2.05, 4.69) is 9.71 Å². The van der Waals surface area contributed by atoms with Crippen molar-refractivity contribution in [3.8, 4) is 11.3 Å². The van der Waals surface area contributed by atoms with Crippen LogP contribution in [0.25, 0.3) is 16.9 Å². The number of benzene rings is 1. The first-order valence-corrected chi connectivity index (χ1v) is 10.9. The number of pyridine rings is 1. The number of thiophene rings is 1. The Bertz CT molecular complexity index is 1220. The number of fused-ring (bicyclic) bond motifs is 1. The molecule has 0 amide bonds. The highest BCUT2D eigenvalue weighted by Gasteiger charge is 2.17. The lowest BCUT2D eigenvalue weighted by molar-refractivity contribution is 0.603. The molecule has 4 rings (SSSR count). The van der Waals surface area contributed by atoms with E-state index < -0.39 is 10.0 Å². The lowest BCUT2D eigenvalue weighted by atomic mass is 10.1. The Morgan fingerprint density at radius 3 is 2.78 bits per heavy atom. The molecule has 0 unspecified atom stereocenters. The maximum absolute atomic E-state index is 12.6. The smallest absolute Gasteiger partial charge is 0.271 e. The van der Waals surface area contributed by atoms with Crippen LogP contribution in [0.3, 0.4) is 0 Å². The summed E-state index contributed by atoms with van der Waals surface area (Å²) in [6, 6.07) is 14.8. The van der Waals surface area contributed by atoms with Crippen LogP contribution in [-0.2, 0) is 16.4 Å². The third kappa shape index (κ3) is 3.61. The zero-order valence-electron chi connectivity index (χ0n) is 15.0. The van der Waals surface area contributed by atoms with Crippen LogP contribution in [0, 0.1) is 6.92 Å². The average Bonchev–Trinajstić information content (AvgIpc) is 3.28. The summed E-state index contributed by atoms with van der Waals surface area (Å²) in [5.41, 5.74) is 4.18. The molecule has 0 aliphatic rings. The van der Waals surface area contributed by atoms with Crippen molar-refractivity contribution in [2.45, 2.75) is 24.5 Å². The van der Waals surface area contributed by atoms with E-state index in [4.69, 9.17) is 0 Å². The second kappa shape index (κ2) is 6.83. The Hall–Kier alpha value is -2.64. The van der Waals surface area contributed by atoms with Crippen LogP contribution in [0.2, 0.25) is 0 Å². The minimum absolute atomic E-state index is 0.327. The molecular formula is C20H19N3O2S2. The van der Waals surface area contributed by atoms with Gasteiger partial charge in [0, 0.05) is 28.5 Å². The second-order valence-corrected chi connectivity index (χ2v) is 9.43. The van der Waals surface area contributed by atoms with Crippen molar-refractivity contribution in [2.24, 2.45) is 0 Å². The second-order valence-electron chi connectivity index (χ2n) is 6.36. The first-order chi connectivity index (χ1) is 12.9. The molecule has 0 saturated carbocycles. The summed E-state index contributed by atoms with van der Waals surface area (Å²) >= 11 is 1.30. The number of nitrogens with one attached hydrogen (secondary N) is 1. The van der Waals surface area contributed by atoms with Crippen LogP contribution in [-0.4, -0.2) is 17.8 Å². The number of hydrogen-bond acceptors (Lipinski definition) is 4. The fourth-order valence-electron chi connectivity index (χ4n) is 2.86. The summed E-state index contributed by atoms with van der Waals surface area (Å²) in [6.45, 7) is 4.04. The van der Waals surface area contributed by atoms with E-state index in [-0.39, 0.29) is 0 Å². The topological polar surface area (TPSA) is 63.5 Å². The number of anilines is 1. The van der Waals surface area contributed by atoms with Gasteiger partial charge in [0.15, 0.2) is 0 Å². The molecule has 0 fully saturated rings. The zero-order chi connectivity index (χ0) is 19.0. The van der Waals surface area contributed by atoms with Crippen LogP contribution in [0.1, 0.15) is 17.4 Å². The highest BCUT2D eigenvalue weighted by atomic mass is 32.2. The predicted octanol–water partition coefficient (Wildman–Crippen LogP) is 4.73. The lowest BCUT2D eigenvalue weighted by Crippen LogP contribution is -2.11. The number of hydrogen-bond donors (Lipinski definition) is 1. The van der Waals surface area contributed by atoms with Gasteiger partial charge in [-0.25, -0.2) is 13.4 Å². The molecular weight excluding hydrogens is 378 g/mol. The summed E-state index contributed by atoms with van der Waals surface area (Å²) < 4.78 is 30.2.